The fraction of sp³-hybridized carbons (Fsp3) is 0.692. The zero-order valence-electron chi connectivity index (χ0n) is 10.9. The lowest BCUT2D eigenvalue weighted by molar-refractivity contribution is 0.0687. The number of carboxylic acids is 1. The van der Waals surface area contributed by atoms with Gasteiger partial charge in [-0.3, -0.25) is 4.90 Å². The molecule has 19 heavy (non-hydrogen) atoms. The van der Waals surface area contributed by atoms with Crippen LogP contribution in [0.1, 0.15) is 48.2 Å². The highest BCUT2D eigenvalue weighted by atomic mass is 16.5. The fourth-order valence-electron chi connectivity index (χ4n) is 2.70. The molecule has 0 aliphatic heterocycles. The second-order valence-corrected chi connectivity index (χ2v) is 4.95. The van der Waals surface area contributed by atoms with Crippen LogP contribution >= 0.6 is 0 Å². The first kappa shape index (κ1) is 14.0. The lowest BCUT2D eigenvalue weighted by Gasteiger charge is -2.33. The molecule has 0 atom stereocenters. The Kier molecular flexibility index (Phi) is 4.93. The molecule has 0 amide bonds. The Morgan fingerprint density at radius 2 is 2.16 bits per heavy atom. The molecule has 106 valence electrons. The number of rotatable bonds is 6. The highest BCUT2D eigenvalue weighted by molar-refractivity contribution is 5.88. The average molecular weight is 268 g/mol. The third kappa shape index (κ3) is 3.54. The lowest BCUT2D eigenvalue weighted by Crippen LogP contribution is -2.38. The van der Waals surface area contributed by atoms with Crippen molar-refractivity contribution < 1.29 is 19.5 Å². The van der Waals surface area contributed by atoms with Crippen LogP contribution in [0.4, 0.5) is 0 Å². The van der Waals surface area contributed by atoms with Crippen molar-refractivity contribution in [1.82, 2.24) is 10.1 Å². The number of carbonyl (C=O) groups is 1. The number of aliphatic hydroxyl groups is 1. The van der Waals surface area contributed by atoms with Crippen molar-refractivity contribution in [3.63, 3.8) is 0 Å². The number of aromatic carboxylic acids is 1. The molecule has 2 rings (SSSR count). The minimum Gasteiger partial charge on any atom is -0.478 e. The lowest BCUT2D eigenvalue weighted by atomic mass is 9.94. The molecule has 1 heterocycles. The summed E-state index contributed by atoms with van der Waals surface area (Å²) in [4.78, 5) is 13.1. The summed E-state index contributed by atoms with van der Waals surface area (Å²) < 4.78 is 5.04. The third-order valence-electron chi connectivity index (χ3n) is 3.70. The fourth-order valence-corrected chi connectivity index (χ4v) is 2.70. The van der Waals surface area contributed by atoms with Crippen molar-refractivity contribution in [1.29, 1.82) is 0 Å². The number of nitrogens with zero attached hydrogens (tertiary/aromatic N) is 2. The van der Waals surface area contributed by atoms with Crippen molar-refractivity contribution in [2.75, 3.05) is 13.2 Å². The molecule has 0 bridgehead atoms. The predicted molar refractivity (Wildman–Crippen MR) is 67.8 cm³/mol. The van der Waals surface area contributed by atoms with Crippen LogP contribution in [-0.4, -0.2) is 45.4 Å². The third-order valence-corrected chi connectivity index (χ3v) is 3.70. The van der Waals surface area contributed by atoms with Crippen LogP contribution < -0.4 is 0 Å². The smallest absolute Gasteiger partial charge is 0.341 e. The van der Waals surface area contributed by atoms with Gasteiger partial charge in [0.05, 0.1) is 19.3 Å². The summed E-state index contributed by atoms with van der Waals surface area (Å²) in [5, 5.41) is 21.8. The molecule has 0 radical (unpaired) electrons. The first-order chi connectivity index (χ1) is 9.22. The monoisotopic (exact) mass is 268 g/mol. The van der Waals surface area contributed by atoms with Gasteiger partial charge in [0.2, 0.25) is 0 Å². The van der Waals surface area contributed by atoms with Crippen LogP contribution in [0.25, 0.3) is 0 Å². The van der Waals surface area contributed by atoms with Crippen LogP contribution in [0.2, 0.25) is 0 Å². The Labute approximate surface area is 112 Å². The molecule has 0 spiro atoms. The van der Waals surface area contributed by atoms with E-state index >= 15 is 0 Å². The maximum atomic E-state index is 11.0. The maximum Gasteiger partial charge on any atom is 0.341 e. The number of hydrogen-bond donors (Lipinski definition) is 2. The van der Waals surface area contributed by atoms with Gasteiger partial charge in [0.1, 0.15) is 5.56 Å². The van der Waals surface area contributed by atoms with E-state index in [2.05, 4.69) is 10.1 Å². The van der Waals surface area contributed by atoms with Gasteiger partial charge in [0, 0.05) is 12.6 Å². The summed E-state index contributed by atoms with van der Waals surface area (Å²) in [6.07, 6.45) is 7.05. The van der Waals surface area contributed by atoms with Crippen molar-refractivity contribution >= 4 is 5.97 Å². The molecule has 0 aromatic carbocycles. The summed E-state index contributed by atoms with van der Waals surface area (Å²) in [6, 6.07) is 0.396. The molecule has 1 aliphatic carbocycles. The summed E-state index contributed by atoms with van der Waals surface area (Å²) in [7, 11) is 0. The van der Waals surface area contributed by atoms with Crippen LogP contribution in [0, 0.1) is 0 Å². The molecule has 0 unspecified atom stereocenters. The van der Waals surface area contributed by atoms with Crippen molar-refractivity contribution in [3.8, 4) is 0 Å². The van der Waals surface area contributed by atoms with E-state index in [1.165, 1.54) is 25.5 Å². The van der Waals surface area contributed by atoms with E-state index in [9.17, 15) is 9.90 Å². The van der Waals surface area contributed by atoms with Gasteiger partial charge in [-0.15, -0.1) is 0 Å². The molecule has 1 aromatic rings. The average Bonchev–Trinajstić information content (AvgIpc) is 2.88. The van der Waals surface area contributed by atoms with Gasteiger partial charge < -0.3 is 14.7 Å². The minimum atomic E-state index is -1.02. The maximum absolute atomic E-state index is 11.0. The van der Waals surface area contributed by atoms with Gasteiger partial charge in [-0.1, -0.05) is 24.4 Å². The quantitative estimate of drug-likeness (QED) is 0.813. The van der Waals surface area contributed by atoms with Crippen LogP contribution in [-0.2, 0) is 6.54 Å². The molecular formula is C13H20N2O4. The minimum absolute atomic E-state index is 0.0625. The Morgan fingerprint density at radius 1 is 1.42 bits per heavy atom. The zero-order valence-corrected chi connectivity index (χ0v) is 10.9. The van der Waals surface area contributed by atoms with Gasteiger partial charge in [-0.2, -0.15) is 0 Å². The first-order valence-electron chi connectivity index (χ1n) is 6.74. The number of carboxylic acid groups (broad SMARTS) is 1. The van der Waals surface area contributed by atoms with Crippen molar-refractivity contribution in [2.24, 2.45) is 0 Å². The van der Waals surface area contributed by atoms with Gasteiger partial charge >= 0.3 is 5.97 Å². The molecular weight excluding hydrogens is 248 g/mol. The second kappa shape index (κ2) is 6.68. The normalized spacial score (nSPS) is 16.9. The molecule has 6 nitrogen and oxygen atoms in total. The molecule has 1 fully saturated rings. The Hall–Kier alpha value is -1.40. The van der Waals surface area contributed by atoms with Crippen LogP contribution in [0.15, 0.2) is 10.7 Å². The number of aliphatic hydroxyl groups excluding tert-OH is 1. The van der Waals surface area contributed by atoms with Gasteiger partial charge in [0.15, 0.2) is 5.76 Å². The van der Waals surface area contributed by atoms with Gasteiger partial charge in [-0.25, -0.2) is 4.79 Å². The van der Waals surface area contributed by atoms with E-state index in [1.54, 1.807) is 0 Å². The van der Waals surface area contributed by atoms with E-state index in [0.717, 1.165) is 12.8 Å². The van der Waals surface area contributed by atoms with Crippen LogP contribution in [0.3, 0.4) is 0 Å². The SMILES string of the molecule is O=C(O)c1cnoc1CN(CCO)C1CCCCC1. The zero-order chi connectivity index (χ0) is 13.7. The summed E-state index contributed by atoms with van der Waals surface area (Å²) in [5.74, 6) is -0.657. The summed E-state index contributed by atoms with van der Waals surface area (Å²) >= 11 is 0. The predicted octanol–water partition coefficient (Wildman–Crippen LogP) is 1.50. The van der Waals surface area contributed by atoms with Crippen molar-refractivity contribution in [2.45, 2.75) is 44.7 Å². The Morgan fingerprint density at radius 3 is 2.79 bits per heavy atom. The molecule has 6 heteroatoms. The topological polar surface area (TPSA) is 86.8 Å². The number of hydrogen-bond acceptors (Lipinski definition) is 5. The summed E-state index contributed by atoms with van der Waals surface area (Å²) in [6.45, 7) is 0.990. The molecule has 1 saturated carbocycles. The van der Waals surface area contributed by atoms with Gasteiger partial charge in [-0.05, 0) is 12.8 Å². The van der Waals surface area contributed by atoms with E-state index < -0.39 is 5.97 Å². The standard InChI is InChI=1S/C13H20N2O4/c16-7-6-15(10-4-2-1-3-5-10)9-12-11(13(17)18)8-14-19-12/h8,10,16H,1-7,9H2,(H,17,18). The van der Waals surface area contributed by atoms with E-state index in [0.29, 0.717) is 24.9 Å². The molecule has 2 N–H and O–H groups in total. The van der Waals surface area contributed by atoms with Crippen molar-refractivity contribution in [3.05, 3.63) is 17.5 Å². The highest BCUT2D eigenvalue weighted by Gasteiger charge is 2.24. The van der Waals surface area contributed by atoms with E-state index in [4.69, 9.17) is 9.63 Å². The van der Waals surface area contributed by atoms with Gasteiger partial charge in [0.25, 0.3) is 0 Å². The first-order valence-corrected chi connectivity index (χ1v) is 6.74. The Bertz CT molecular complexity index is 413. The van der Waals surface area contributed by atoms with Crippen LogP contribution in [0.5, 0.6) is 0 Å². The second-order valence-electron chi connectivity index (χ2n) is 4.95. The molecule has 1 aromatic heterocycles. The largest absolute Gasteiger partial charge is 0.478 e. The molecule has 0 saturated heterocycles. The Balaban J connectivity index is 2.06. The van der Waals surface area contributed by atoms with E-state index in [-0.39, 0.29) is 12.2 Å². The number of aromatic nitrogens is 1. The molecule has 1 aliphatic rings. The highest BCUT2D eigenvalue weighted by Crippen LogP contribution is 2.24. The summed E-state index contributed by atoms with van der Waals surface area (Å²) in [5.41, 5.74) is 0.110. The van der Waals surface area contributed by atoms with E-state index in [1.807, 2.05) is 0 Å².